The fraction of sp³-hybridized carbons (Fsp3) is 0.286. The number of ether oxygens (including phenoxy) is 1. The van der Waals surface area contributed by atoms with Crippen LogP contribution in [0.1, 0.15) is 5.76 Å². The monoisotopic (exact) mass is 301 g/mol. The smallest absolute Gasteiger partial charge is 0.152 e. The Morgan fingerprint density at radius 1 is 1.24 bits per heavy atom. The summed E-state index contributed by atoms with van der Waals surface area (Å²) in [5, 5.41) is 12.0. The SMILES string of the molecule is OC(CNc1c(F)cc(F)cc1F)COCc1ccco1. The quantitative estimate of drug-likeness (QED) is 0.825. The maximum atomic E-state index is 13.3. The minimum absolute atomic E-state index is 0.0435. The number of hydrogen-bond acceptors (Lipinski definition) is 4. The molecule has 0 spiro atoms. The molecule has 0 aliphatic rings. The number of rotatable bonds is 7. The Labute approximate surface area is 119 Å². The summed E-state index contributed by atoms with van der Waals surface area (Å²) in [7, 11) is 0. The lowest BCUT2D eigenvalue weighted by Gasteiger charge is -2.14. The van der Waals surface area contributed by atoms with E-state index in [1.54, 1.807) is 12.1 Å². The van der Waals surface area contributed by atoms with Crippen LogP contribution in [-0.4, -0.2) is 24.4 Å². The standard InChI is InChI=1S/C14H14F3NO3/c15-9-4-12(16)14(13(17)5-9)18-6-10(19)7-20-8-11-2-1-3-21-11/h1-5,10,18-19H,6-8H2. The van der Waals surface area contributed by atoms with Gasteiger partial charge in [-0.25, -0.2) is 13.2 Å². The molecular weight excluding hydrogens is 287 g/mol. The predicted octanol–water partition coefficient (Wildman–Crippen LogP) is 2.69. The average molecular weight is 301 g/mol. The van der Waals surface area contributed by atoms with E-state index in [0.29, 0.717) is 17.9 Å². The van der Waals surface area contributed by atoms with Gasteiger partial charge in [0, 0.05) is 18.7 Å². The fourth-order valence-corrected chi connectivity index (χ4v) is 1.68. The summed E-state index contributed by atoms with van der Waals surface area (Å²) in [6.45, 7) is -0.000902. The molecule has 21 heavy (non-hydrogen) atoms. The van der Waals surface area contributed by atoms with Crippen molar-refractivity contribution >= 4 is 5.69 Å². The summed E-state index contributed by atoms with van der Waals surface area (Å²) >= 11 is 0. The molecule has 7 heteroatoms. The Morgan fingerprint density at radius 2 is 1.95 bits per heavy atom. The summed E-state index contributed by atoms with van der Waals surface area (Å²) in [6.07, 6.45) is 0.514. The molecule has 0 saturated carbocycles. The highest BCUT2D eigenvalue weighted by molar-refractivity contribution is 5.46. The zero-order valence-electron chi connectivity index (χ0n) is 11.0. The van der Waals surface area contributed by atoms with Crippen LogP contribution in [0.15, 0.2) is 34.9 Å². The van der Waals surface area contributed by atoms with E-state index in [-0.39, 0.29) is 19.8 Å². The number of aliphatic hydroxyl groups excluding tert-OH is 1. The van der Waals surface area contributed by atoms with Gasteiger partial charge in [0.1, 0.15) is 23.9 Å². The Balaban J connectivity index is 1.77. The first kappa shape index (κ1) is 15.4. The first-order valence-corrected chi connectivity index (χ1v) is 6.23. The highest BCUT2D eigenvalue weighted by Gasteiger charge is 2.13. The summed E-state index contributed by atoms with van der Waals surface area (Å²) in [5.74, 6) is -2.52. The first-order chi connectivity index (χ1) is 10.1. The van der Waals surface area contributed by atoms with E-state index in [0.717, 1.165) is 0 Å². The number of hydrogen-bond donors (Lipinski definition) is 2. The topological polar surface area (TPSA) is 54.6 Å². The van der Waals surface area contributed by atoms with Crippen molar-refractivity contribution in [1.82, 2.24) is 0 Å². The molecular formula is C14H14F3NO3. The molecule has 0 fully saturated rings. The van der Waals surface area contributed by atoms with Gasteiger partial charge in [0.2, 0.25) is 0 Å². The van der Waals surface area contributed by atoms with Crippen molar-refractivity contribution in [1.29, 1.82) is 0 Å². The van der Waals surface area contributed by atoms with Gasteiger partial charge in [-0.15, -0.1) is 0 Å². The van der Waals surface area contributed by atoms with Crippen molar-refractivity contribution in [3.63, 3.8) is 0 Å². The summed E-state index contributed by atoms with van der Waals surface area (Å²) in [5.41, 5.74) is -0.485. The molecule has 2 rings (SSSR count). The summed E-state index contributed by atoms with van der Waals surface area (Å²) < 4.78 is 49.6. The Kier molecular flexibility index (Phi) is 5.24. The van der Waals surface area contributed by atoms with Crippen LogP contribution in [-0.2, 0) is 11.3 Å². The van der Waals surface area contributed by atoms with E-state index < -0.39 is 29.2 Å². The molecule has 0 saturated heterocycles. The minimum atomic E-state index is -1.06. The van der Waals surface area contributed by atoms with Gasteiger partial charge in [0.25, 0.3) is 0 Å². The Bertz CT molecular complexity index is 552. The van der Waals surface area contributed by atoms with E-state index >= 15 is 0 Å². The molecule has 0 amide bonds. The number of benzene rings is 1. The van der Waals surface area contributed by atoms with Crippen LogP contribution in [0, 0.1) is 17.5 Å². The van der Waals surface area contributed by atoms with Crippen LogP contribution >= 0.6 is 0 Å². The zero-order chi connectivity index (χ0) is 15.2. The summed E-state index contributed by atoms with van der Waals surface area (Å²) in [6, 6.07) is 4.54. The lowest BCUT2D eigenvalue weighted by atomic mass is 10.2. The number of anilines is 1. The van der Waals surface area contributed by atoms with Crippen LogP contribution in [0.3, 0.4) is 0 Å². The van der Waals surface area contributed by atoms with Crippen LogP contribution in [0.25, 0.3) is 0 Å². The van der Waals surface area contributed by atoms with Crippen molar-refractivity contribution in [2.24, 2.45) is 0 Å². The zero-order valence-corrected chi connectivity index (χ0v) is 11.0. The highest BCUT2D eigenvalue weighted by atomic mass is 19.1. The molecule has 0 radical (unpaired) electrons. The molecule has 1 unspecified atom stereocenters. The molecule has 1 aromatic carbocycles. The molecule has 4 nitrogen and oxygen atoms in total. The van der Waals surface area contributed by atoms with Gasteiger partial charge in [-0.3, -0.25) is 0 Å². The second-order valence-electron chi connectivity index (χ2n) is 4.37. The van der Waals surface area contributed by atoms with Crippen molar-refractivity contribution < 1.29 is 27.4 Å². The summed E-state index contributed by atoms with van der Waals surface area (Å²) in [4.78, 5) is 0. The van der Waals surface area contributed by atoms with Gasteiger partial charge in [0.15, 0.2) is 11.6 Å². The van der Waals surface area contributed by atoms with Gasteiger partial charge < -0.3 is 19.6 Å². The molecule has 0 bridgehead atoms. The molecule has 2 N–H and O–H groups in total. The van der Waals surface area contributed by atoms with Crippen LogP contribution in [0.5, 0.6) is 0 Å². The third-order valence-corrected chi connectivity index (χ3v) is 2.66. The van der Waals surface area contributed by atoms with Gasteiger partial charge in [-0.05, 0) is 12.1 Å². The number of halogens is 3. The predicted molar refractivity (Wildman–Crippen MR) is 69.2 cm³/mol. The molecule has 1 atom stereocenters. The van der Waals surface area contributed by atoms with Crippen molar-refractivity contribution in [2.75, 3.05) is 18.5 Å². The number of furan rings is 1. The molecule has 1 heterocycles. The Hall–Kier alpha value is -1.99. The number of aliphatic hydroxyl groups is 1. The van der Waals surface area contributed by atoms with Gasteiger partial charge in [0.05, 0.1) is 19.0 Å². The van der Waals surface area contributed by atoms with Crippen molar-refractivity contribution in [3.05, 3.63) is 53.7 Å². The van der Waals surface area contributed by atoms with E-state index in [1.165, 1.54) is 6.26 Å². The van der Waals surface area contributed by atoms with Gasteiger partial charge >= 0.3 is 0 Å². The third-order valence-electron chi connectivity index (χ3n) is 2.66. The average Bonchev–Trinajstić information content (AvgIpc) is 2.90. The van der Waals surface area contributed by atoms with Crippen molar-refractivity contribution in [3.8, 4) is 0 Å². The molecule has 0 aliphatic carbocycles. The normalized spacial score (nSPS) is 12.4. The largest absolute Gasteiger partial charge is 0.467 e. The van der Waals surface area contributed by atoms with E-state index in [9.17, 15) is 18.3 Å². The van der Waals surface area contributed by atoms with Crippen LogP contribution in [0.2, 0.25) is 0 Å². The van der Waals surface area contributed by atoms with Gasteiger partial charge in [-0.2, -0.15) is 0 Å². The minimum Gasteiger partial charge on any atom is -0.467 e. The van der Waals surface area contributed by atoms with Gasteiger partial charge in [-0.1, -0.05) is 0 Å². The van der Waals surface area contributed by atoms with Crippen molar-refractivity contribution in [2.45, 2.75) is 12.7 Å². The second kappa shape index (κ2) is 7.14. The first-order valence-electron chi connectivity index (χ1n) is 6.23. The number of nitrogens with one attached hydrogen (secondary N) is 1. The maximum absolute atomic E-state index is 13.3. The van der Waals surface area contributed by atoms with E-state index in [4.69, 9.17) is 9.15 Å². The highest BCUT2D eigenvalue weighted by Crippen LogP contribution is 2.19. The lowest BCUT2D eigenvalue weighted by molar-refractivity contribution is 0.0282. The van der Waals surface area contributed by atoms with Crippen LogP contribution < -0.4 is 5.32 Å². The lowest BCUT2D eigenvalue weighted by Crippen LogP contribution is -2.25. The third kappa shape index (κ3) is 4.51. The molecule has 1 aromatic heterocycles. The van der Waals surface area contributed by atoms with Crippen LogP contribution in [0.4, 0.5) is 18.9 Å². The Morgan fingerprint density at radius 3 is 2.57 bits per heavy atom. The molecule has 2 aromatic rings. The van der Waals surface area contributed by atoms with E-state index in [1.807, 2.05) is 0 Å². The molecule has 114 valence electrons. The van der Waals surface area contributed by atoms with E-state index in [2.05, 4.69) is 5.32 Å². The fourth-order valence-electron chi connectivity index (χ4n) is 1.68. The second-order valence-corrected chi connectivity index (χ2v) is 4.37. The maximum Gasteiger partial charge on any atom is 0.152 e. The molecule has 0 aliphatic heterocycles.